The number of aliphatic carboxylic acids is 1. The highest BCUT2D eigenvalue weighted by Crippen LogP contribution is 2.23. The van der Waals surface area contributed by atoms with E-state index in [0.29, 0.717) is 38.5 Å². The number of benzene rings is 3. The van der Waals surface area contributed by atoms with Crippen molar-refractivity contribution in [1.29, 1.82) is 0 Å². The zero-order valence-electron chi connectivity index (χ0n) is 64.5. The van der Waals surface area contributed by atoms with Crippen LogP contribution >= 0.6 is 0 Å². The van der Waals surface area contributed by atoms with Gasteiger partial charge < -0.3 is 44.7 Å². The number of ether oxygens (including phenoxy) is 5. The summed E-state index contributed by atoms with van der Waals surface area (Å²) in [6.45, 7) is 34.4. The molecule has 9 N–H and O–H groups in total. The van der Waals surface area contributed by atoms with E-state index < -0.39 is 89.4 Å². The molecule has 0 bridgehead atoms. The standard InChI is InChI=1S/C27H43N3O6.C22H35N3O4.C21H31NO5.C6H14N2O2/c1-18(2)14-21(24(32)29-30(8)26(34)36-27(5,6)7)16-23(31)22(15-19(3)4)28-25(33)35-17-20-12-10-9-11-13-20;1-15(2)11-18(21(27)25-23-5)13-20(26)19(12-16(3)4)24-22(28)29-14-17-9-7-6-8-10-17;1-14(2)10-17(20(24)25)12-19(23)18(11-15(3)4)22-21(26)27-13-16-8-6-5-7-9-16;1-6(2,3)10-5(9)8(4)7/h9-13,18-19,21-22H,14-17H2,1-8H3,(H,28,33)(H,29,32);6-10,15-16,18-19,23H,11-14H2,1-5H3,(H,24,28)(H,25,27);5-9,14-15,17-18H,10-13H2,1-4H3,(H,22,26)(H,24,25);7H2,1-4H3/t21-,22+;18-,19+;17-,18+;/m111./s1. The number of carboxylic acid groups (broad SMARTS) is 1. The highest BCUT2D eigenvalue weighted by atomic mass is 16.6. The predicted molar refractivity (Wildman–Crippen MR) is 392 cm³/mol. The van der Waals surface area contributed by atoms with E-state index in [1.165, 1.54) is 14.1 Å². The second-order valence-electron chi connectivity index (χ2n) is 29.8. The van der Waals surface area contributed by atoms with Crippen LogP contribution in [0.25, 0.3) is 0 Å². The Morgan fingerprint density at radius 1 is 0.422 bits per heavy atom. The lowest BCUT2D eigenvalue weighted by molar-refractivity contribution is -0.144. The highest BCUT2D eigenvalue weighted by molar-refractivity contribution is 5.93. The highest BCUT2D eigenvalue weighted by Gasteiger charge is 2.33. The summed E-state index contributed by atoms with van der Waals surface area (Å²) < 4.78 is 25.9. The molecule has 3 aromatic rings. The average molecular weight is 1430 g/mol. The Morgan fingerprint density at radius 3 is 0.951 bits per heavy atom. The lowest BCUT2D eigenvalue weighted by Crippen LogP contribution is -2.49. The normalized spacial score (nSPS) is 12.9. The van der Waals surface area contributed by atoms with Crippen molar-refractivity contribution in [2.45, 2.75) is 232 Å². The van der Waals surface area contributed by atoms with Gasteiger partial charge in [0.05, 0.1) is 24.0 Å². The van der Waals surface area contributed by atoms with Crippen molar-refractivity contribution >= 4 is 65.6 Å². The number of nitrogens with two attached hydrogens (primary N) is 1. The maximum Gasteiger partial charge on any atom is 0.428 e. The van der Waals surface area contributed by atoms with Crippen molar-refractivity contribution in [3.8, 4) is 0 Å². The molecule has 7 amide bonds. The topological polar surface area (TPSA) is 359 Å². The Hall–Kier alpha value is -8.65. The van der Waals surface area contributed by atoms with Crippen molar-refractivity contribution in [3.05, 3.63) is 108 Å². The molecular weight excluding hydrogens is 1310 g/mol. The minimum atomic E-state index is -0.980. The van der Waals surface area contributed by atoms with Crippen molar-refractivity contribution in [2.24, 2.45) is 59.1 Å². The summed E-state index contributed by atoms with van der Waals surface area (Å²) >= 11 is 0. The van der Waals surface area contributed by atoms with Crippen LogP contribution < -0.4 is 38.1 Å². The second-order valence-corrected chi connectivity index (χ2v) is 29.8. The van der Waals surface area contributed by atoms with E-state index in [0.717, 1.165) is 26.7 Å². The molecule has 0 saturated heterocycles. The van der Waals surface area contributed by atoms with Crippen molar-refractivity contribution in [2.75, 3.05) is 21.1 Å². The lowest BCUT2D eigenvalue weighted by Gasteiger charge is -2.27. The molecule has 0 unspecified atom stereocenters. The molecule has 3 rings (SSSR count). The van der Waals surface area contributed by atoms with E-state index in [1.54, 1.807) is 48.6 Å². The van der Waals surface area contributed by atoms with Gasteiger partial charge in [-0.3, -0.25) is 39.6 Å². The quantitative estimate of drug-likeness (QED) is 0.0119. The van der Waals surface area contributed by atoms with Gasteiger partial charge in [0.15, 0.2) is 17.3 Å². The van der Waals surface area contributed by atoms with Crippen molar-refractivity contribution in [1.82, 2.24) is 42.2 Å². The zero-order valence-corrected chi connectivity index (χ0v) is 64.5. The fraction of sp³-hybridized carbons (Fsp3) is 0.618. The number of alkyl carbamates (subject to hydrolysis) is 3. The first-order valence-electron chi connectivity index (χ1n) is 35.1. The van der Waals surface area contributed by atoms with Gasteiger partial charge in [0, 0.05) is 52.2 Å². The fourth-order valence-corrected chi connectivity index (χ4v) is 9.84. The largest absolute Gasteiger partial charge is 0.481 e. The van der Waals surface area contributed by atoms with Gasteiger partial charge in [-0.2, -0.15) is 0 Å². The van der Waals surface area contributed by atoms with Crippen LogP contribution in [0.2, 0.25) is 0 Å². The minimum Gasteiger partial charge on any atom is -0.481 e. The molecule has 0 aromatic heterocycles. The van der Waals surface area contributed by atoms with Crippen LogP contribution in [0.1, 0.15) is 199 Å². The van der Waals surface area contributed by atoms with E-state index in [-0.39, 0.29) is 97.8 Å². The number of hydrogen-bond donors (Lipinski definition) is 8. The molecule has 0 aliphatic carbocycles. The van der Waals surface area contributed by atoms with Crippen LogP contribution in [0.3, 0.4) is 0 Å². The van der Waals surface area contributed by atoms with Crippen LogP contribution in [0.15, 0.2) is 91.0 Å². The number of carbonyl (C=O) groups is 11. The third-order valence-electron chi connectivity index (χ3n) is 14.4. The van der Waals surface area contributed by atoms with Gasteiger partial charge in [-0.05, 0) is 132 Å². The Morgan fingerprint density at radius 2 is 0.696 bits per heavy atom. The molecule has 102 heavy (non-hydrogen) atoms. The van der Waals surface area contributed by atoms with E-state index in [4.69, 9.17) is 29.5 Å². The van der Waals surface area contributed by atoms with Gasteiger partial charge in [0.1, 0.15) is 31.0 Å². The molecule has 0 spiro atoms. The van der Waals surface area contributed by atoms with Gasteiger partial charge >= 0.3 is 36.4 Å². The summed E-state index contributed by atoms with van der Waals surface area (Å²) in [5.74, 6) is 1.95. The number of Topliss-reactive ketones (excluding diaryl/α,β-unsaturated/α-hetero) is 3. The summed E-state index contributed by atoms with van der Waals surface area (Å²) in [6.07, 6.45) is -0.532. The Bertz CT molecular complexity index is 2990. The van der Waals surface area contributed by atoms with Gasteiger partial charge in [-0.1, -0.05) is 174 Å². The van der Waals surface area contributed by atoms with E-state index in [1.807, 2.05) is 174 Å². The minimum absolute atomic E-state index is 0.0715. The van der Waals surface area contributed by atoms with Crippen LogP contribution in [0, 0.1) is 53.3 Å². The van der Waals surface area contributed by atoms with Gasteiger partial charge in [-0.25, -0.2) is 45.3 Å². The summed E-state index contributed by atoms with van der Waals surface area (Å²) in [4.78, 5) is 135. The molecular formula is C76H123N9O17. The lowest BCUT2D eigenvalue weighted by atomic mass is 9.88. The summed E-state index contributed by atoms with van der Waals surface area (Å²) in [5, 5.41) is 19.2. The Labute approximate surface area is 606 Å². The fourth-order valence-electron chi connectivity index (χ4n) is 9.84. The number of rotatable bonds is 34. The van der Waals surface area contributed by atoms with Gasteiger partial charge in [0.25, 0.3) is 0 Å². The first-order valence-corrected chi connectivity index (χ1v) is 35.1. The van der Waals surface area contributed by atoms with Gasteiger partial charge in [-0.15, -0.1) is 0 Å². The van der Waals surface area contributed by atoms with Crippen molar-refractivity contribution < 1.29 is 81.5 Å². The van der Waals surface area contributed by atoms with E-state index >= 15 is 0 Å². The maximum absolute atomic E-state index is 13.2. The molecule has 574 valence electrons. The van der Waals surface area contributed by atoms with Crippen LogP contribution in [-0.2, 0) is 72.3 Å². The number of nitrogens with zero attached hydrogens (tertiary/aromatic N) is 2. The maximum atomic E-state index is 13.2. The number of ketones is 3. The molecule has 26 heteroatoms. The monoisotopic (exact) mass is 1430 g/mol. The summed E-state index contributed by atoms with van der Waals surface area (Å²) in [6, 6.07) is 25.6. The molecule has 0 saturated carbocycles. The first-order chi connectivity index (χ1) is 47.4. The third kappa shape index (κ3) is 46.0. The second kappa shape index (κ2) is 49.0. The number of amides is 7. The number of carboxylic acids is 1. The number of hydrogen-bond acceptors (Lipinski definition) is 18. The van der Waals surface area contributed by atoms with Crippen LogP contribution in [0.4, 0.5) is 24.0 Å². The predicted octanol–water partition coefficient (Wildman–Crippen LogP) is 12.8. The number of nitrogens with one attached hydrogen (secondary N) is 6. The zero-order chi connectivity index (χ0) is 78.0. The molecule has 0 aliphatic heterocycles. The van der Waals surface area contributed by atoms with E-state index in [2.05, 4.69) is 32.2 Å². The smallest absolute Gasteiger partial charge is 0.428 e. The van der Waals surface area contributed by atoms with E-state index in [9.17, 15) is 57.8 Å². The number of hydrazine groups is 3. The molecule has 0 radical (unpaired) electrons. The molecule has 0 fully saturated rings. The summed E-state index contributed by atoms with van der Waals surface area (Å²) in [5.41, 5.74) is 9.08. The molecule has 26 nitrogen and oxygen atoms in total. The first kappa shape index (κ1) is 93.3. The average Bonchev–Trinajstić information content (AvgIpc) is 0.878. The van der Waals surface area contributed by atoms with Gasteiger partial charge in [0.2, 0.25) is 11.8 Å². The van der Waals surface area contributed by atoms with Crippen LogP contribution in [0.5, 0.6) is 0 Å². The van der Waals surface area contributed by atoms with Crippen LogP contribution in [-0.4, -0.2) is 131 Å². The molecule has 6 atom stereocenters. The van der Waals surface area contributed by atoms with Crippen molar-refractivity contribution in [3.63, 3.8) is 0 Å². The Balaban J connectivity index is 0.00000141. The number of carbonyl (C=O) groups excluding carboxylic acids is 10. The summed E-state index contributed by atoms with van der Waals surface area (Å²) in [7, 11) is 4.44. The SMILES string of the molecule is CC(C)C[C@H](CC(=O)[C@H](CC(C)C)NC(=O)OCc1ccccc1)C(=O)NN(C)C(=O)OC(C)(C)C.CC(C)C[C@H](CC(=O)[C@H](CC(C)C)NC(=O)OCc1ccccc1)C(=O)O.CN(N)C(=O)OC(C)(C)C.CNNC(=O)[C@@H](CC(=O)[C@H](CC(C)C)NC(=O)OCc1ccccc1)CC(C)C. The Kier molecular flexibility index (Phi) is 44.9. The third-order valence-corrected chi connectivity index (χ3v) is 14.4. The molecule has 0 heterocycles. The molecule has 3 aromatic carbocycles. The molecule has 0 aliphatic rings.